The second kappa shape index (κ2) is 12.0. The number of hydrogen-bond acceptors (Lipinski definition) is 5. The summed E-state index contributed by atoms with van der Waals surface area (Å²) in [6.45, 7) is 2.57. The molecular formula is C28H29BrN4O4. The van der Waals surface area contributed by atoms with E-state index in [1.54, 1.807) is 41.9 Å². The van der Waals surface area contributed by atoms with Crippen LogP contribution >= 0.6 is 15.9 Å². The summed E-state index contributed by atoms with van der Waals surface area (Å²) in [4.78, 5) is 34.1. The molecule has 1 unspecified atom stereocenters. The molecule has 1 heterocycles. The SMILES string of the molecule is CCC(c1nc2ccccc2c(=O)n1-c1ccccc1OC)N(CCOC)C(=O)Nc1cccc(Br)c1. The fourth-order valence-electron chi connectivity index (χ4n) is 4.31. The number of nitrogens with one attached hydrogen (secondary N) is 1. The first kappa shape index (κ1) is 26.4. The minimum absolute atomic E-state index is 0.234. The summed E-state index contributed by atoms with van der Waals surface area (Å²) < 4.78 is 13.3. The number of benzene rings is 3. The molecule has 8 nitrogen and oxygen atoms in total. The second-order valence-electron chi connectivity index (χ2n) is 8.35. The maximum absolute atomic E-state index is 13.9. The quantitative estimate of drug-likeness (QED) is 0.278. The van der Waals surface area contributed by atoms with Gasteiger partial charge < -0.3 is 19.7 Å². The van der Waals surface area contributed by atoms with Crippen molar-refractivity contribution in [2.75, 3.05) is 32.7 Å². The van der Waals surface area contributed by atoms with Crippen molar-refractivity contribution in [3.05, 3.63) is 93.4 Å². The van der Waals surface area contributed by atoms with Gasteiger partial charge in [-0.1, -0.05) is 53.2 Å². The molecule has 1 N–H and O–H groups in total. The van der Waals surface area contributed by atoms with Crippen molar-refractivity contribution < 1.29 is 14.3 Å². The lowest BCUT2D eigenvalue weighted by Gasteiger charge is -2.32. The van der Waals surface area contributed by atoms with Gasteiger partial charge in [-0.3, -0.25) is 9.36 Å². The number of para-hydroxylation sites is 3. The van der Waals surface area contributed by atoms with E-state index < -0.39 is 6.04 Å². The molecule has 9 heteroatoms. The number of anilines is 1. The lowest BCUT2D eigenvalue weighted by molar-refractivity contribution is 0.131. The molecule has 0 radical (unpaired) electrons. The van der Waals surface area contributed by atoms with Crippen LogP contribution in [0.5, 0.6) is 5.75 Å². The van der Waals surface area contributed by atoms with Crippen LogP contribution in [0.25, 0.3) is 16.6 Å². The van der Waals surface area contributed by atoms with Crippen molar-refractivity contribution in [3.63, 3.8) is 0 Å². The molecule has 4 aromatic rings. The van der Waals surface area contributed by atoms with E-state index in [-0.39, 0.29) is 11.6 Å². The predicted molar refractivity (Wildman–Crippen MR) is 149 cm³/mol. The molecule has 4 rings (SSSR count). The minimum atomic E-state index is -0.537. The first-order valence-corrected chi connectivity index (χ1v) is 12.7. The van der Waals surface area contributed by atoms with Gasteiger partial charge in [0, 0.05) is 23.8 Å². The average Bonchev–Trinajstić information content (AvgIpc) is 2.91. The number of carbonyl (C=O) groups is 1. The number of ether oxygens (including phenoxy) is 2. The molecule has 0 saturated heterocycles. The summed E-state index contributed by atoms with van der Waals surface area (Å²) in [5.74, 6) is 0.969. The highest BCUT2D eigenvalue weighted by Gasteiger charge is 2.30. The number of rotatable bonds is 9. The molecule has 37 heavy (non-hydrogen) atoms. The number of urea groups is 1. The van der Waals surface area contributed by atoms with Crippen molar-refractivity contribution in [1.29, 1.82) is 0 Å². The Morgan fingerprint density at radius 2 is 1.84 bits per heavy atom. The van der Waals surface area contributed by atoms with Crippen molar-refractivity contribution in [2.24, 2.45) is 0 Å². The molecule has 1 atom stereocenters. The smallest absolute Gasteiger partial charge is 0.322 e. The third kappa shape index (κ3) is 5.68. The van der Waals surface area contributed by atoms with Crippen molar-refractivity contribution in [1.82, 2.24) is 14.5 Å². The number of nitrogens with zero attached hydrogens (tertiary/aromatic N) is 3. The number of amides is 2. The molecule has 0 fully saturated rings. The van der Waals surface area contributed by atoms with E-state index in [1.807, 2.05) is 61.5 Å². The van der Waals surface area contributed by atoms with E-state index >= 15 is 0 Å². The summed E-state index contributed by atoms with van der Waals surface area (Å²) in [7, 11) is 3.15. The highest BCUT2D eigenvalue weighted by atomic mass is 79.9. The van der Waals surface area contributed by atoms with Gasteiger partial charge in [0.25, 0.3) is 5.56 Å². The van der Waals surface area contributed by atoms with E-state index in [9.17, 15) is 9.59 Å². The van der Waals surface area contributed by atoms with Gasteiger partial charge in [-0.2, -0.15) is 0 Å². The first-order valence-electron chi connectivity index (χ1n) is 12.0. The van der Waals surface area contributed by atoms with Crippen LogP contribution in [0, 0.1) is 0 Å². The van der Waals surface area contributed by atoms with Gasteiger partial charge in [-0.05, 0) is 48.9 Å². The highest BCUT2D eigenvalue weighted by Crippen LogP contribution is 2.30. The van der Waals surface area contributed by atoms with Gasteiger partial charge in [0.2, 0.25) is 0 Å². The number of halogens is 1. The third-order valence-corrected chi connectivity index (χ3v) is 6.56. The maximum Gasteiger partial charge on any atom is 0.322 e. The first-order chi connectivity index (χ1) is 18.0. The summed E-state index contributed by atoms with van der Waals surface area (Å²) in [5.41, 5.74) is 1.53. The van der Waals surface area contributed by atoms with Crippen LogP contribution in [0.3, 0.4) is 0 Å². The van der Waals surface area contributed by atoms with Crippen LogP contribution in [0.4, 0.5) is 10.5 Å². The molecule has 1 aromatic heterocycles. The minimum Gasteiger partial charge on any atom is -0.495 e. The Kier molecular flexibility index (Phi) is 8.58. The fourth-order valence-corrected chi connectivity index (χ4v) is 4.71. The van der Waals surface area contributed by atoms with Crippen molar-refractivity contribution in [2.45, 2.75) is 19.4 Å². The third-order valence-electron chi connectivity index (χ3n) is 6.06. The number of fused-ring (bicyclic) bond motifs is 1. The predicted octanol–water partition coefficient (Wildman–Crippen LogP) is 5.79. The second-order valence-corrected chi connectivity index (χ2v) is 9.27. The average molecular weight is 565 g/mol. The number of methoxy groups -OCH3 is 2. The van der Waals surface area contributed by atoms with E-state index in [2.05, 4.69) is 21.2 Å². The van der Waals surface area contributed by atoms with E-state index in [1.165, 1.54) is 0 Å². The molecule has 0 aliphatic carbocycles. The van der Waals surface area contributed by atoms with Crippen molar-refractivity contribution >= 4 is 38.6 Å². The Labute approximate surface area is 224 Å². The molecule has 2 amide bonds. The molecule has 192 valence electrons. The van der Waals surface area contributed by atoms with Crippen LogP contribution < -0.4 is 15.6 Å². The van der Waals surface area contributed by atoms with Gasteiger partial charge in [0.15, 0.2) is 0 Å². The Hall–Kier alpha value is -3.69. The van der Waals surface area contributed by atoms with Gasteiger partial charge in [-0.25, -0.2) is 9.78 Å². The van der Waals surface area contributed by atoms with Crippen LogP contribution in [0.1, 0.15) is 25.2 Å². The van der Waals surface area contributed by atoms with Gasteiger partial charge in [0.1, 0.15) is 11.6 Å². The van der Waals surface area contributed by atoms with E-state index in [0.717, 1.165) is 4.47 Å². The van der Waals surface area contributed by atoms with Crippen LogP contribution in [-0.2, 0) is 4.74 Å². The standard InChI is InChI=1S/C28H29BrN4O4/c1-4-23(32(16-17-36-2)28(35)30-20-11-9-10-19(29)18-20)26-31-22-13-6-5-12-21(22)27(34)33(26)24-14-7-8-15-25(24)37-3/h5-15,18,23H,4,16-17H2,1-3H3,(H,30,35). The molecule has 0 aliphatic heterocycles. The Balaban J connectivity index is 1.90. The Morgan fingerprint density at radius 1 is 1.08 bits per heavy atom. The van der Waals surface area contributed by atoms with Crippen LogP contribution in [0.2, 0.25) is 0 Å². The zero-order valence-electron chi connectivity index (χ0n) is 21.0. The van der Waals surface area contributed by atoms with Crippen LogP contribution in [0.15, 0.2) is 82.1 Å². The zero-order valence-corrected chi connectivity index (χ0v) is 22.6. The van der Waals surface area contributed by atoms with Gasteiger partial charge in [-0.15, -0.1) is 0 Å². The largest absolute Gasteiger partial charge is 0.495 e. The van der Waals surface area contributed by atoms with Crippen LogP contribution in [-0.4, -0.2) is 47.9 Å². The lowest BCUT2D eigenvalue weighted by Crippen LogP contribution is -2.42. The lowest BCUT2D eigenvalue weighted by atomic mass is 10.1. The zero-order chi connectivity index (χ0) is 26.4. The molecular weight excluding hydrogens is 536 g/mol. The van der Waals surface area contributed by atoms with E-state index in [4.69, 9.17) is 14.5 Å². The van der Waals surface area contributed by atoms with Crippen molar-refractivity contribution in [3.8, 4) is 11.4 Å². The molecule has 0 spiro atoms. The molecule has 3 aromatic carbocycles. The molecule has 0 aliphatic rings. The fraction of sp³-hybridized carbons (Fsp3) is 0.250. The highest BCUT2D eigenvalue weighted by molar-refractivity contribution is 9.10. The summed E-state index contributed by atoms with van der Waals surface area (Å²) in [6, 6.07) is 21.0. The topological polar surface area (TPSA) is 85.7 Å². The van der Waals surface area contributed by atoms with Gasteiger partial charge >= 0.3 is 6.03 Å². The number of aromatic nitrogens is 2. The molecule has 0 bridgehead atoms. The summed E-state index contributed by atoms with van der Waals surface area (Å²) in [6.07, 6.45) is 0.509. The van der Waals surface area contributed by atoms with E-state index in [0.29, 0.717) is 53.4 Å². The monoisotopic (exact) mass is 564 g/mol. The number of hydrogen-bond donors (Lipinski definition) is 1. The number of carbonyl (C=O) groups excluding carboxylic acids is 1. The molecule has 0 saturated carbocycles. The summed E-state index contributed by atoms with van der Waals surface area (Å²) >= 11 is 3.45. The Morgan fingerprint density at radius 3 is 2.57 bits per heavy atom. The summed E-state index contributed by atoms with van der Waals surface area (Å²) in [5, 5.41) is 3.45. The normalized spacial score (nSPS) is 11.8. The van der Waals surface area contributed by atoms with Gasteiger partial charge in [0.05, 0.1) is 36.3 Å². The Bertz CT molecular complexity index is 1460. The maximum atomic E-state index is 13.9.